The molecule has 1 aliphatic rings. The highest BCUT2D eigenvalue weighted by molar-refractivity contribution is 5.84. The van der Waals surface area contributed by atoms with Crippen LogP contribution in [0, 0.1) is 18.7 Å². The van der Waals surface area contributed by atoms with Crippen LogP contribution < -0.4 is 5.73 Å². The minimum absolute atomic E-state index is 0.0230. The number of rotatable bonds is 4. The van der Waals surface area contributed by atoms with Gasteiger partial charge in [0.2, 0.25) is 5.91 Å². The Kier molecular flexibility index (Phi) is 5.09. The first kappa shape index (κ1) is 18.6. The number of aromatic nitrogens is 1. The minimum atomic E-state index is -0.254. The molecule has 3 aromatic rings. The summed E-state index contributed by atoms with van der Waals surface area (Å²) in [4.78, 5) is 18.7. The van der Waals surface area contributed by atoms with Gasteiger partial charge in [-0.15, -0.1) is 0 Å². The molecule has 1 saturated heterocycles. The molecule has 1 amide bonds. The number of carbonyl (C=O) groups excluding carboxylic acids is 1. The Balaban J connectivity index is 1.69. The number of aryl methyl sites for hydroxylation is 1. The van der Waals surface area contributed by atoms with E-state index < -0.39 is 0 Å². The standard InChI is InChI=1S/C23H24FN3O/c1-15-2-7-21-18(12-15)13-19(14-27-10-8-17(9-11-27)23(25)28)22(26-21)16-3-5-20(24)6-4-16/h2-7,12-13,17H,8-11,14H2,1H3,(H2,25,28). The fourth-order valence-electron chi connectivity index (χ4n) is 3.93. The van der Waals surface area contributed by atoms with Crippen LogP contribution in [0.15, 0.2) is 48.5 Å². The molecule has 4 rings (SSSR count). The van der Waals surface area contributed by atoms with Crippen LogP contribution in [0.1, 0.15) is 24.0 Å². The molecule has 1 fully saturated rings. The molecule has 0 saturated carbocycles. The second-order valence-corrected chi connectivity index (χ2v) is 7.65. The van der Waals surface area contributed by atoms with Crippen LogP contribution in [0.5, 0.6) is 0 Å². The molecule has 2 N–H and O–H groups in total. The van der Waals surface area contributed by atoms with Gasteiger partial charge < -0.3 is 5.73 Å². The number of halogens is 1. The number of pyridine rings is 1. The lowest BCUT2D eigenvalue weighted by molar-refractivity contribution is -0.123. The summed E-state index contributed by atoms with van der Waals surface area (Å²) in [7, 11) is 0. The lowest BCUT2D eigenvalue weighted by atomic mass is 9.95. The van der Waals surface area contributed by atoms with Crippen molar-refractivity contribution in [1.82, 2.24) is 9.88 Å². The number of nitrogens with zero attached hydrogens (tertiary/aromatic N) is 2. The molecule has 0 unspecified atom stereocenters. The maximum atomic E-state index is 13.4. The maximum absolute atomic E-state index is 13.4. The van der Waals surface area contributed by atoms with Gasteiger partial charge in [0.05, 0.1) is 11.2 Å². The van der Waals surface area contributed by atoms with Crippen molar-refractivity contribution in [3.63, 3.8) is 0 Å². The van der Waals surface area contributed by atoms with E-state index in [1.54, 1.807) is 12.1 Å². The van der Waals surface area contributed by atoms with E-state index in [2.05, 4.69) is 30.0 Å². The van der Waals surface area contributed by atoms with Gasteiger partial charge in [-0.2, -0.15) is 0 Å². The maximum Gasteiger partial charge on any atom is 0.220 e. The summed E-state index contributed by atoms with van der Waals surface area (Å²) in [6, 6.07) is 14.9. The number of piperidine rings is 1. The van der Waals surface area contributed by atoms with E-state index in [9.17, 15) is 9.18 Å². The second kappa shape index (κ2) is 7.68. The fraction of sp³-hybridized carbons (Fsp3) is 0.304. The van der Waals surface area contributed by atoms with Crippen molar-refractivity contribution in [1.29, 1.82) is 0 Å². The molecule has 0 bridgehead atoms. The smallest absolute Gasteiger partial charge is 0.220 e. The zero-order valence-electron chi connectivity index (χ0n) is 16.0. The highest BCUT2D eigenvalue weighted by Gasteiger charge is 2.24. The third kappa shape index (κ3) is 3.90. The summed E-state index contributed by atoms with van der Waals surface area (Å²) in [5.41, 5.74) is 10.5. The Labute approximate surface area is 164 Å². The SMILES string of the molecule is Cc1ccc2nc(-c3ccc(F)cc3)c(CN3CCC(C(N)=O)CC3)cc2c1. The zero-order chi connectivity index (χ0) is 19.7. The van der Waals surface area contributed by atoms with Crippen LogP contribution >= 0.6 is 0 Å². The number of likely N-dealkylation sites (tertiary alicyclic amines) is 1. The van der Waals surface area contributed by atoms with Crippen LogP contribution in [-0.2, 0) is 11.3 Å². The summed E-state index contributed by atoms with van der Waals surface area (Å²) in [6.07, 6.45) is 1.59. The van der Waals surface area contributed by atoms with Gasteiger partial charge in [-0.1, -0.05) is 11.6 Å². The van der Waals surface area contributed by atoms with Gasteiger partial charge in [0, 0.05) is 23.4 Å². The Hall–Kier alpha value is -2.79. The van der Waals surface area contributed by atoms with E-state index in [1.807, 2.05) is 6.07 Å². The molecule has 1 aromatic heterocycles. The van der Waals surface area contributed by atoms with Crippen LogP contribution in [0.2, 0.25) is 0 Å². The van der Waals surface area contributed by atoms with Gasteiger partial charge in [0.1, 0.15) is 5.82 Å². The second-order valence-electron chi connectivity index (χ2n) is 7.65. The minimum Gasteiger partial charge on any atom is -0.369 e. The summed E-state index contributed by atoms with van der Waals surface area (Å²) < 4.78 is 13.4. The largest absolute Gasteiger partial charge is 0.369 e. The van der Waals surface area contributed by atoms with Crippen molar-refractivity contribution in [2.24, 2.45) is 11.7 Å². The predicted molar refractivity (Wildman–Crippen MR) is 109 cm³/mol. The monoisotopic (exact) mass is 377 g/mol. The topological polar surface area (TPSA) is 59.2 Å². The number of carbonyl (C=O) groups is 1. The highest BCUT2D eigenvalue weighted by atomic mass is 19.1. The first-order chi connectivity index (χ1) is 13.5. The fourth-order valence-corrected chi connectivity index (χ4v) is 3.93. The van der Waals surface area contributed by atoms with Crippen LogP contribution in [0.4, 0.5) is 4.39 Å². The molecule has 2 aromatic carbocycles. The van der Waals surface area contributed by atoms with E-state index in [4.69, 9.17) is 10.7 Å². The summed E-state index contributed by atoms with van der Waals surface area (Å²) >= 11 is 0. The predicted octanol–water partition coefficient (Wildman–Crippen LogP) is 4.05. The molecule has 0 radical (unpaired) electrons. The molecule has 0 atom stereocenters. The number of amides is 1. The van der Waals surface area contributed by atoms with Gasteiger partial charge in [-0.05, 0) is 80.9 Å². The summed E-state index contributed by atoms with van der Waals surface area (Å²) in [5.74, 6) is -0.477. The highest BCUT2D eigenvalue weighted by Crippen LogP contribution is 2.29. The molecule has 144 valence electrons. The Morgan fingerprint density at radius 1 is 1.14 bits per heavy atom. The van der Waals surface area contributed by atoms with Gasteiger partial charge in [-0.25, -0.2) is 9.37 Å². The first-order valence-electron chi connectivity index (χ1n) is 9.67. The molecule has 0 aliphatic carbocycles. The normalized spacial score (nSPS) is 15.8. The van der Waals surface area contributed by atoms with Crippen molar-refractivity contribution in [3.05, 3.63) is 65.5 Å². The van der Waals surface area contributed by atoms with Crippen molar-refractivity contribution in [3.8, 4) is 11.3 Å². The summed E-state index contributed by atoms with van der Waals surface area (Å²) in [6.45, 7) is 4.49. The average molecular weight is 377 g/mol. The average Bonchev–Trinajstić information content (AvgIpc) is 2.68. The van der Waals surface area contributed by atoms with Gasteiger partial charge in [-0.3, -0.25) is 9.69 Å². The summed E-state index contributed by atoms with van der Waals surface area (Å²) in [5, 5.41) is 1.10. The molecular weight excluding hydrogens is 353 g/mol. The first-order valence-corrected chi connectivity index (χ1v) is 9.67. The molecular formula is C23H24FN3O. The lowest BCUT2D eigenvalue weighted by Gasteiger charge is -2.31. The Bertz CT molecular complexity index is 1010. The van der Waals surface area contributed by atoms with Gasteiger partial charge in [0.25, 0.3) is 0 Å². The Morgan fingerprint density at radius 2 is 1.86 bits per heavy atom. The van der Waals surface area contributed by atoms with Crippen LogP contribution in [0.25, 0.3) is 22.2 Å². The molecule has 2 heterocycles. The lowest BCUT2D eigenvalue weighted by Crippen LogP contribution is -2.38. The van der Waals surface area contributed by atoms with Crippen molar-refractivity contribution in [2.75, 3.05) is 13.1 Å². The van der Waals surface area contributed by atoms with E-state index in [-0.39, 0.29) is 17.6 Å². The van der Waals surface area contributed by atoms with E-state index in [0.717, 1.165) is 60.2 Å². The number of benzene rings is 2. The van der Waals surface area contributed by atoms with E-state index in [1.165, 1.54) is 17.7 Å². The third-order valence-electron chi connectivity index (χ3n) is 5.55. The van der Waals surface area contributed by atoms with E-state index >= 15 is 0 Å². The van der Waals surface area contributed by atoms with Crippen LogP contribution in [0.3, 0.4) is 0 Å². The molecule has 5 heteroatoms. The van der Waals surface area contributed by atoms with Gasteiger partial charge in [0.15, 0.2) is 0 Å². The number of primary amides is 1. The molecule has 0 spiro atoms. The van der Waals surface area contributed by atoms with Crippen molar-refractivity contribution >= 4 is 16.8 Å². The zero-order valence-corrected chi connectivity index (χ0v) is 16.0. The Morgan fingerprint density at radius 3 is 2.54 bits per heavy atom. The molecule has 28 heavy (non-hydrogen) atoms. The van der Waals surface area contributed by atoms with Crippen molar-refractivity contribution in [2.45, 2.75) is 26.3 Å². The van der Waals surface area contributed by atoms with Crippen molar-refractivity contribution < 1.29 is 9.18 Å². The van der Waals surface area contributed by atoms with E-state index in [0.29, 0.717) is 0 Å². The number of hydrogen-bond donors (Lipinski definition) is 1. The quantitative estimate of drug-likeness (QED) is 0.746. The number of nitrogens with two attached hydrogens (primary N) is 1. The number of fused-ring (bicyclic) bond motifs is 1. The number of hydrogen-bond acceptors (Lipinski definition) is 3. The third-order valence-corrected chi connectivity index (χ3v) is 5.55. The van der Waals surface area contributed by atoms with Crippen LogP contribution in [-0.4, -0.2) is 28.9 Å². The van der Waals surface area contributed by atoms with Gasteiger partial charge >= 0.3 is 0 Å². The molecule has 1 aliphatic heterocycles. The molecule has 4 nitrogen and oxygen atoms in total.